The average molecular weight is 289 g/mol. The van der Waals surface area contributed by atoms with Crippen molar-refractivity contribution in [1.82, 2.24) is 10.2 Å². The quantitative estimate of drug-likeness (QED) is 0.767. The van der Waals surface area contributed by atoms with E-state index in [1.54, 1.807) is 24.3 Å². The first-order chi connectivity index (χ1) is 10.1. The molecule has 3 rings (SSSR count). The van der Waals surface area contributed by atoms with Crippen molar-refractivity contribution in [2.45, 2.75) is 12.0 Å². The molecule has 1 aromatic carbocycles. The van der Waals surface area contributed by atoms with Crippen molar-refractivity contribution < 1.29 is 19.7 Å². The first-order valence-electron chi connectivity index (χ1n) is 6.62. The molecule has 1 fully saturated rings. The van der Waals surface area contributed by atoms with Gasteiger partial charge in [0.25, 0.3) is 0 Å². The van der Waals surface area contributed by atoms with Crippen LogP contribution in [0.3, 0.4) is 0 Å². The Balaban J connectivity index is 1.98. The summed E-state index contributed by atoms with van der Waals surface area (Å²) in [4.78, 5) is 11.3. The number of nitrogens with zero attached hydrogens (tertiary/aromatic N) is 2. The molecule has 21 heavy (non-hydrogen) atoms. The molecule has 1 aliphatic heterocycles. The van der Waals surface area contributed by atoms with Crippen LogP contribution in [-0.4, -0.2) is 51.7 Å². The van der Waals surface area contributed by atoms with Gasteiger partial charge in [-0.2, -0.15) is 0 Å². The van der Waals surface area contributed by atoms with E-state index in [2.05, 4.69) is 15.5 Å². The standard InChI is InChI=1S/C14H15N3O4/c18-13(19)12-11(15-7-14(20)5-6-21-8-14)9-3-1-2-4-10(9)16-17-12/h1-4,20H,5-8H2,(H,15,16)(H,18,19). The van der Waals surface area contributed by atoms with Crippen LogP contribution < -0.4 is 5.32 Å². The molecule has 0 spiro atoms. The van der Waals surface area contributed by atoms with Crippen molar-refractivity contribution in [1.29, 1.82) is 0 Å². The molecule has 0 amide bonds. The Kier molecular flexibility index (Phi) is 3.44. The molecular weight excluding hydrogens is 274 g/mol. The molecule has 7 nitrogen and oxygen atoms in total. The van der Waals surface area contributed by atoms with E-state index in [1.807, 2.05) is 0 Å². The number of aromatic nitrogens is 2. The van der Waals surface area contributed by atoms with Gasteiger partial charge in [0.1, 0.15) is 5.60 Å². The van der Waals surface area contributed by atoms with Gasteiger partial charge in [-0.05, 0) is 6.07 Å². The van der Waals surface area contributed by atoms with Crippen LogP contribution in [0.1, 0.15) is 16.9 Å². The van der Waals surface area contributed by atoms with Gasteiger partial charge in [0.15, 0.2) is 5.69 Å². The van der Waals surface area contributed by atoms with Gasteiger partial charge in [0.05, 0.1) is 17.8 Å². The first kappa shape index (κ1) is 13.7. The van der Waals surface area contributed by atoms with E-state index in [-0.39, 0.29) is 18.8 Å². The zero-order valence-corrected chi connectivity index (χ0v) is 11.2. The first-order valence-corrected chi connectivity index (χ1v) is 6.62. The van der Waals surface area contributed by atoms with E-state index < -0.39 is 11.6 Å². The Bertz CT molecular complexity index is 683. The zero-order valence-electron chi connectivity index (χ0n) is 11.2. The lowest BCUT2D eigenvalue weighted by Crippen LogP contribution is -2.37. The summed E-state index contributed by atoms with van der Waals surface area (Å²) in [6.45, 7) is 0.932. The van der Waals surface area contributed by atoms with Crippen molar-refractivity contribution in [2.75, 3.05) is 25.1 Å². The van der Waals surface area contributed by atoms with Crippen LogP contribution in [0.15, 0.2) is 24.3 Å². The molecule has 0 aliphatic carbocycles. The molecule has 7 heteroatoms. The number of carboxylic acids is 1. The average Bonchev–Trinajstić information content (AvgIpc) is 2.91. The third kappa shape index (κ3) is 2.65. The van der Waals surface area contributed by atoms with Crippen molar-refractivity contribution in [3.05, 3.63) is 30.0 Å². The summed E-state index contributed by atoms with van der Waals surface area (Å²) in [6.07, 6.45) is 0.513. The monoisotopic (exact) mass is 289 g/mol. The maximum Gasteiger partial charge on any atom is 0.358 e. The number of hydrogen-bond donors (Lipinski definition) is 3. The number of anilines is 1. The second-order valence-electron chi connectivity index (χ2n) is 5.13. The molecule has 2 aromatic rings. The molecular formula is C14H15N3O4. The van der Waals surface area contributed by atoms with Crippen molar-refractivity contribution >= 4 is 22.6 Å². The lowest BCUT2D eigenvalue weighted by molar-refractivity contribution is 0.0381. The van der Waals surface area contributed by atoms with E-state index in [1.165, 1.54) is 0 Å². The predicted molar refractivity (Wildman–Crippen MR) is 75.4 cm³/mol. The molecule has 1 atom stereocenters. The van der Waals surface area contributed by atoms with Crippen molar-refractivity contribution in [3.8, 4) is 0 Å². The smallest absolute Gasteiger partial charge is 0.358 e. The minimum Gasteiger partial charge on any atom is -0.476 e. The van der Waals surface area contributed by atoms with Crippen LogP contribution in [0.5, 0.6) is 0 Å². The summed E-state index contributed by atoms with van der Waals surface area (Å²) in [5.41, 5.74) is -0.176. The molecule has 1 saturated heterocycles. The lowest BCUT2D eigenvalue weighted by Gasteiger charge is -2.22. The van der Waals surface area contributed by atoms with Gasteiger partial charge in [-0.25, -0.2) is 4.79 Å². The lowest BCUT2D eigenvalue weighted by atomic mass is 10.0. The summed E-state index contributed by atoms with van der Waals surface area (Å²) >= 11 is 0. The highest BCUT2D eigenvalue weighted by Gasteiger charge is 2.32. The van der Waals surface area contributed by atoms with Gasteiger partial charge in [-0.1, -0.05) is 18.2 Å². The molecule has 1 aromatic heterocycles. The second kappa shape index (κ2) is 5.27. The Morgan fingerprint density at radius 2 is 2.19 bits per heavy atom. The van der Waals surface area contributed by atoms with Crippen LogP contribution in [0.25, 0.3) is 10.9 Å². The number of carbonyl (C=O) groups is 1. The summed E-state index contributed by atoms with van der Waals surface area (Å²) in [7, 11) is 0. The number of hydrogen-bond acceptors (Lipinski definition) is 6. The van der Waals surface area contributed by atoms with Gasteiger partial charge >= 0.3 is 5.97 Å². The van der Waals surface area contributed by atoms with Crippen molar-refractivity contribution in [3.63, 3.8) is 0 Å². The number of ether oxygens (including phenoxy) is 1. The molecule has 0 radical (unpaired) electrons. The number of aromatic carboxylic acids is 1. The summed E-state index contributed by atoms with van der Waals surface area (Å²) < 4.78 is 5.18. The van der Waals surface area contributed by atoms with Gasteiger partial charge in [-0.3, -0.25) is 0 Å². The molecule has 1 unspecified atom stereocenters. The highest BCUT2D eigenvalue weighted by atomic mass is 16.5. The van der Waals surface area contributed by atoms with E-state index >= 15 is 0 Å². The minimum absolute atomic E-state index is 0.156. The van der Waals surface area contributed by atoms with Gasteiger partial charge in [-0.15, -0.1) is 10.2 Å². The highest BCUT2D eigenvalue weighted by Crippen LogP contribution is 2.26. The third-order valence-electron chi connectivity index (χ3n) is 3.55. The Hall–Kier alpha value is -2.25. The Labute approximate surface area is 120 Å². The van der Waals surface area contributed by atoms with Gasteiger partial charge in [0.2, 0.25) is 0 Å². The van der Waals surface area contributed by atoms with E-state index in [0.717, 1.165) is 0 Å². The highest BCUT2D eigenvalue weighted by molar-refractivity contribution is 6.02. The summed E-state index contributed by atoms with van der Waals surface area (Å²) in [5, 5.41) is 30.9. The van der Waals surface area contributed by atoms with Crippen LogP contribution in [0.4, 0.5) is 5.69 Å². The molecule has 3 N–H and O–H groups in total. The predicted octanol–water partition coefficient (Wildman–Crippen LogP) is 0.891. The number of benzene rings is 1. The summed E-state index contributed by atoms with van der Waals surface area (Å²) in [5.74, 6) is -1.16. The number of nitrogens with one attached hydrogen (secondary N) is 1. The fourth-order valence-corrected chi connectivity index (χ4v) is 2.37. The maximum atomic E-state index is 11.3. The molecule has 2 heterocycles. The SMILES string of the molecule is O=C(O)c1nnc2ccccc2c1NCC1(O)CCOC1. The number of fused-ring (bicyclic) bond motifs is 1. The largest absolute Gasteiger partial charge is 0.476 e. The zero-order chi connectivity index (χ0) is 14.9. The second-order valence-corrected chi connectivity index (χ2v) is 5.13. The van der Waals surface area contributed by atoms with E-state index in [9.17, 15) is 15.0 Å². The molecule has 1 aliphatic rings. The van der Waals surface area contributed by atoms with Crippen LogP contribution >= 0.6 is 0 Å². The van der Waals surface area contributed by atoms with E-state index in [4.69, 9.17) is 4.74 Å². The minimum atomic E-state index is -1.16. The molecule has 110 valence electrons. The molecule has 0 bridgehead atoms. The Morgan fingerprint density at radius 3 is 2.90 bits per heavy atom. The number of rotatable bonds is 4. The van der Waals surface area contributed by atoms with Gasteiger partial charge < -0.3 is 20.3 Å². The molecule has 0 saturated carbocycles. The van der Waals surface area contributed by atoms with Crippen molar-refractivity contribution in [2.24, 2.45) is 0 Å². The summed E-state index contributed by atoms with van der Waals surface area (Å²) in [6, 6.07) is 7.13. The topological polar surface area (TPSA) is 105 Å². The fraction of sp³-hybridized carbons (Fsp3) is 0.357. The van der Waals surface area contributed by atoms with Crippen LogP contribution in [-0.2, 0) is 4.74 Å². The van der Waals surface area contributed by atoms with E-state index in [0.29, 0.717) is 29.6 Å². The maximum absolute atomic E-state index is 11.3. The van der Waals surface area contributed by atoms with Crippen LogP contribution in [0.2, 0.25) is 0 Å². The normalized spacial score (nSPS) is 21.6. The third-order valence-corrected chi connectivity index (χ3v) is 3.55. The Morgan fingerprint density at radius 1 is 1.38 bits per heavy atom. The number of aliphatic hydroxyl groups is 1. The van der Waals surface area contributed by atoms with Crippen LogP contribution in [0, 0.1) is 0 Å². The fourth-order valence-electron chi connectivity index (χ4n) is 2.37. The number of carboxylic acid groups (broad SMARTS) is 1. The van der Waals surface area contributed by atoms with Gasteiger partial charge in [0, 0.05) is 25.0 Å².